The average Bonchev–Trinajstić information content (AvgIpc) is 2.99. The number of methoxy groups -OCH3 is 1. The fraction of sp³-hybridized carbons (Fsp3) is 0.357. The SMILES string of the molecule is COc1ccc(C(=O)CCCn2ccnn2)cc1.CS(=O)(=O)O. The van der Waals surface area contributed by atoms with Crippen LogP contribution in [0.3, 0.4) is 0 Å². The van der Waals surface area contributed by atoms with Gasteiger partial charge in [-0.2, -0.15) is 8.42 Å². The molecule has 9 heteroatoms. The molecule has 0 saturated heterocycles. The first-order valence-electron chi connectivity index (χ1n) is 6.73. The maximum absolute atomic E-state index is 11.9. The van der Waals surface area contributed by atoms with Crippen LogP contribution in [0.25, 0.3) is 0 Å². The van der Waals surface area contributed by atoms with Gasteiger partial charge in [-0.1, -0.05) is 5.21 Å². The monoisotopic (exact) mass is 341 g/mol. The van der Waals surface area contributed by atoms with E-state index in [1.807, 2.05) is 0 Å². The summed E-state index contributed by atoms with van der Waals surface area (Å²) >= 11 is 0. The standard InChI is InChI=1S/C13H15N3O2.CH4O3S/c1-18-12-6-4-11(5-7-12)13(17)3-2-9-16-10-8-14-15-16;1-5(2,3)4/h4-8,10H,2-3,9H2,1H3;1H3,(H,2,3,4). The van der Waals surface area contributed by atoms with Gasteiger partial charge < -0.3 is 4.74 Å². The first-order valence-corrected chi connectivity index (χ1v) is 8.58. The van der Waals surface area contributed by atoms with Crippen LogP contribution in [0, 0.1) is 0 Å². The van der Waals surface area contributed by atoms with Gasteiger partial charge in [0, 0.05) is 24.7 Å². The minimum absolute atomic E-state index is 0.137. The average molecular weight is 341 g/mol. The largest absolute Gasteiger partial charge is 0.497 e. The summed E-state index contributed by atoms with van der Waals surface area (Å²) in [5.41, 5.74) is 0.717. The molecule has 0 fully saturated rings. The lowest BCUT2D eigenvalue weighted by Gasteiger charge is -2.03. The lowest BCUT2D eigenvalue weighted by atomic mass is 10.1. The topological polar surface area (TPSA) is 111 Å². The maximum atomic E-state index is 11.9. The lowest BCUT2D eigenvalue weighted by Crippen LogP contribution is -2.04. The molecular formula is C14H19N3O5S. The van der Waals surface area contributed by atoms with Crippen molar-refractivity contribution in [2.75, 3.05) is 13.4 Å². The van der Waals surface area contributed by atoms with Crippen molar-refractivity contribution in [2.24, 2.45) is 0 Å². The van der Waals surface area contributed by atoms with E-state index in [-0.39, 0.29) is 5.78 Å². The Morgan fingerprint density at radius 1 is 1.30 bits per heavy atom. The van der Waals surface area contributed by atoms with Crippen molar-refractivity contribution < 1.29 is 22.5 Å². The van der Waals surface area contributed by atoms with E-state index in [1.165, 1.54) is 0 Å². The van der Waals surface area contributed by atoms with Gasteiger partial charge in [0.2, 0.25) is 0 Å². The minimum atomic E-state index is -3.67. The van der Waals surface area contributed by atoms with E-state index in [2.05, 4.69) is 10.3 Å². The molecule has 0 radical (unpaired) electrons. The molecule has 0 amide bonds. The number of ether oxygens (including phenoxy) is 1. The van der Waals surface area contributed by atoms with Crippen molar-refractivity contribution in [3.8, 4) is 5.75 Å². The Hall–Kier alpha value is -2.26. The number of Topliss-reactive ketones (excluding diaryl/α,β-unsaturated/α-hetero) is 1. The van der Waals surface area contributed by atoms with Crippen LogP contribution < -0.4 is 4.74 Å². The quantitative estimate of drug-likeness (QED) is 0.625. The molecule has 0 unspecified atom stereocenters. The Balaban J connectivity index is 0.000000463. The van der Waals surface area contributed by atoms with Gasteiger partial charge in [-0.3, -0.25) is 14.0 Å². The highest BCUT2D eigenvalue weighted by Crippen LogP contribution is 2.13. The zero-order valence-electron chi connectivity index (χ0n) is 12.9. The van der Waals surface area contributed by atoms with Crippen LogP contribution in [0.15, 0.2) is 36.7 Å². The molecule has 0 aliphatic carbocycles. The Labute approximate surface area is 134 Å². The summed E-state index contributed by atoms with van der Waals surface area (Å²) in [7, 11) is -2.06. The molecule has 1 heterocycles. The highest BCUT2D eigenvalue weighted by molar-refractivity contribution is 7.85. The van der Waals surface area contributed by atoms with Crippen LogP contribution in [0.5, 0.6) is 5.75 Å². The molecule has 0 bridgehead atoms. The number of benzene rings is 1. The number of ketones is 1. The molecule has 0 saturated carbocycles. The second-order valence-electron chi connectivity index (χ2n) is 4.65. The lowest BCUT2D eigenvalue weighted by molar-refractivity contribution is 0.0978. The molecule has 23 heavy (non-hydrogen) atoms. The van der Waals surface area contributed by atoms with Crippen molar-refractivity contribution in [1.82, 2.24) is 15.0 Å². The van der Waals surface area contributed by atoms with Gasteiger partial charge in [-0.25, -0.2) is 0 Å². The van der Waals surface area contributed by atoms with E-state index >= 15 is 0 Å². The van der Waals surface area contributed by atoms with E-state index in [1.54, 1.807) is 48.5 Å². The van der Waals surface area contributed by atoms with Gasteiger partial charge in [-0.05, 0) is 30.7 Å². The molecule has 0 aliphatic heterocycles. The molecule has 0 spiro atoms. The van der Waals surface area contributed by atoms with Gasteiger partial charge in [0.15, 0.2) is 5.78 Å². The third kappa shape index (κ3) is 8.69. The fourth-order valence-corrected chi connectivity index (χ4v) is 1.67. The third-order valence-electron chi connectivity index (χ3n) is 2.67. The molecule has 2 rings (SSSR count). The van der Waals surface area contributed by atoms with Gasteiger partial charge in [0.25, 0.3) is 10.1 Å². The number of nitrogens with zero attached hydrogens (tertiary/aromatic N) is 3. The van der Waals surface area contributed by atoms with E-state index < -0.39 is 10.1 Å². The first kappa shape index (κ1) is 18.8. The van der Waals surface area contributed by atoms with E-state index in [4.69, 9.17) is 9.29 Å². The number of carbonyl (C=O) groups excluding carboxylic acids is 1. The fourth-order valence-electron chi connectivity index (χ4n) is 1.67. The van der Waals surface area contributed by atoms with Crippen LogP contribution in [-0.2, 0) is 16.7 Å². The van der Waals surface area contributed by atoms with E-state index in [9.17, 15) is 13.2 Å². The number of rotatable bonds is 6. The third-order valence-corrected chi connectivity index (χ3v) is 2.67. The van der Waals surface area contributed by atoms with Gasteiger partial charge in [0.1, 0.15) is 5.75 Å². The summed E-state index contributed by atoms with van der Waals surface area (Å²) < 4.78 is 32.6. The van der Waals surface area contributed by atoms with Crippen LogP contribution >= 0.6 is 0 Å². The second-order valence-corrected chi connectivity index (χ2v) is 6.12. The molecule has 126 valence electrons. The zero-order chi connectivity index (χ0) is 17.3. The second kappa shape index (κ2) is 9.01. The molecule has 0 atom stereocenters. The number of hydrogen-bond donors (Lipinski definition) is 1. The summed E-state index contributed by atoms with van der Waals surface area (Å²) in [6.07, 6.45) is 5.40. The van der Waals surface area contributed by atoms with E-state index in [0.29, 0.717) is 19.2 Å². The summed E-state index contributed by atoms with van der Waals surface area (Å²) in [5, 5.41) is 7.56. The summed E-state index contributed by atoms with van der Waals surface area (Å²) in [6, 6.07) is 7.17. The Morgan fingerprint density at radius 3 is 2.39 bits per heavy atom. The zero-order valence-corrected chi connectivity index (χ0v) is 13.7. The summed E-state index contributed by atoms with van der Waals surface area (Å²) in [4.78, 5) is 11.9. The van der Waals surface area contributed by atoms with Gasteiger partial charge in [0.05, 0.1) is 19.6 Å². The predicted molar refractivity (Wildman–Crippen MR) is 84.1 cm³/mol. The van der Waals surface area contributed by atoms with Crippen LogP contribution in [0.4, 0.5) is 0 Å². The normalized spacial score (nSPS) is 10.6. The maximum Gasteiger partial charge on any atom is 0.261 e. The highest BCUT2D eigenvalue weighted by Gasteiger charge is 2.05. The van der Waals surface area contributed by atoms with Crippen LogP contribution in [0.2, 0.25) is 0 Å². The molecule has 1 N–H and O–H groups in total. The van der Waals surface area contributed by atoms with Gasteiger partial charge >= 0.3 is 0 Å². The first-order chi connectivity index (χ1) is 10.8. The minimum Gasteiger partial charge on any atom is -0.497 e. The number of aryl methyl sites for hydroxylation is 1. The predicted octanol–water partition coefficient (Wildman–Crippen LogP) is 1.45. The number of hydrogen-bond acceptors (Lipinski definition) is 6. The Morgan fingerprint density at radius 2 is 1.91 bits per heavy atom. The highest BCUT2D eigenvalue weighted by atomic mass is 32.2. The summed E-state index contributed by atoms with van der Waals surface area (Å²) in [6.45, 7) is 0.710. The molecule has 1 aromatic heterocycles. The molecule has 1 aromatic carbocycles. The van der Waals surface area contributed by atoms with Crippen molar-refractivity contribution in [3.05, 3.63) is 42.2 Å². The molecule has 8 nitrogen and oxygen atoms in total. The number of carbonyl (C=O) groups is 1. The van der Waals surface area contributed by atoms with E-state index in [0.717, 1.165) is 17.7 Å². The molecule has 0 aliphatic rings. The summed E-state index contributed by atoms with van der Waals surface area (Å²) in [5.74, 6) is 0.895. The van der Waals surface area contributed by atoms with Crippen molar-refractivity contribution in [3.63, 3.8) is 0 Å². The van der Waals surface area contributed by atoms with Crippen molar-refractivity contribution >= 4 is 15.9 Å². The molecular weight excluding hydrogens is 322 g/mol. The Kier molecular flexibility index (Phi) is 7.36. The van der Waals surface area contributed by atoms with Gasteiger partial charge in [-0.15, -0.1) is 5.10 Å². The Bertz CT molecular complexity index is 689. The number of aromatic nitrogens is 3. The van der Waals surface area contributed by atoms with Crippen molar-refractivity contribution in [1.29, 1.82) is 0 Å². The van der Waals surface area contributed by atoms with Crippen LogP contribution in [0.1, 0.15) is 23.2 Å². The smallest absolute Gasteiger partial charge is 0.261 e. The van der Waals surface area contributed by atoms with Crippen molar-refractivity contribution in [2.45, 2.75) is 19.4 Å². The molecule has 2 aromatic rings. The van der Waals surface area contributed by atoms with Crippen LogP contribution in [-0.4, -0.2) is 47.1 Å².